The Kier molecular flexibility index (Phi) is 4.61. The second-order valence-corrected chi connectivity index (χ2v) is 6.23. The maximum absolute atomic E-state index is 9.91. The number of likely N-dealkylation sites (tertiary alicyclic amines) is 1. The van der Waals surface area contributed by atoms with Gasteiger partial charge in [0.05, 0.1) is 6.10 Å². The molecule has 1 aliphatic heterocycles. The molecule has 1 aromatic rings. The fraction of sp³-hybridized carbons (Fsp3) is 0.625. The van der Waals surface area contributed by atoms with Gasteiger partial charge in [-0.1, -0.05) is 29.3 Å². The molecule has 0 aliphatic carbocycles. The van der Waals surface area contributed by atoms with E-state index in [0.717, 1.165) is 26.1 Å². The number of hydrogen-bond acceptors (Lipinski definition) is 3. The molecule has 2 unspecified atom stereocenters. The highest BCUT2D eigenvalue weighted by molar-refractivity contribution is 5.28. The lowest BCUT2D eigenvalue weighted by Gasteiger charge is -2.26. The number of nitrogens with zero attached hydrogens (tertiary/aromatic N) is 2. The van der Waals surface area contributed by atoms with E-state index in [0.29, 0.717) is 6.04 Å². The summed E-state index contributed by atoms with van der Waals surface area (Å²) in [7, 11) is 4.19. The largest absolute Gasteiger partial charge is 0.392 e. The Morgan fingerprint density at radius 3 is 2.42 bits per heavy atom. The van der Waals surface area contributed by atoms with Gasteiger partial charge in [0.25, 0.3) is 0 Å². The van der Waals surface area contributed by atoms with Crippen molar-refractivity contribution < 1.29 is 5.11 Å². The van der Waals surface area contributed by atoms with Crippen molar-refractivity contribution in [1.29, 1.82) is 0 Å². The van der Waals surface area contributed by atoms with Crippen LogP contribution in [-0.2, 0) is 6.54 Å². The number of benzene rings is 1. The van der Waals surface area contributed by atoms with E-state index in [4.69, 9.17) is 0 Å². The van der Waals surface area contributed by atoms with E-state index < -0.39 is 0 Å². The van der Waals surface area contributed by atoms with Crippen molar-refractivity contribution in [3.8, 4) is 0 Å². The first-order valence-electron chi connectivity index (χ1n) is 7.08. The van der Waals surface area contributed by atoms with Crippen LogP contribution in [0, 0.1) is 13.8 Å². The molecule has 1 heterocycles. The fourth-order valence-electron chi connectivity index (χ4n) is 3.16. The molecule has 19 heavy (non-hydrogen) atoms. The Morgan fingerprint density at radius 2 is 1.84 bits per heavy atom. The number of rotatable bonds is 4. The molecule has 0 spiro atoms. The predicted molar refractivity (Wildman–Crippen MR) is 79.3 cm³/mol. The van der Waals surface area contributed by atoms with Crippen molar-refractivity contribution in [2.45, 2.75) is 39.0 Å². The number of β-amino-alcohol motifs (C(OH)–C–C–N with tert-alkyl or cyclic N) is 1. The highest BCUT2D eigenvalue weighted by Crippen LogP contribution is 2.22. The van der Waals surface area contributed by atoms with E-state index >= 15 is 0 Å². The molecule has 0 saturated carbocycles. The van der Waals surface area contributed by atoms with Gasteiger partial charge in [-0.25, -0.2) is 0 Å². The number of aliphatic hydroxyl groups is 1. The molecule has 1 aliphatic rings. The van der Waals surface area contributed by atoms with Crippen LogP contribution in [0.2, 0.25) is 0 Å². The highest BCUT2D eigenvalue weighted by Gasteiger charge is 2.30. The van der Waals surface area contributed by atoms with Crippen LogP contribution in [-0.4, -0.2) is 54.2 Å². The smallest absolute Gasteiger partial charge is 0.0682 e. The van der Waals surface area contributed by atoms with Crippen molar-refractivity contribution in [2.75, 3.05) is 27.2 Å². The Morgan fingerprint density at radius 1 is 1.21 bits per heavy atom. The summed E-state index contributed by atoms with van der Waals surface area (Å²) in [4.78, 5) is 4.62. The fourth-order valence-corrected chi connectivity index (χ4v) is 3.16. The summed E-state index contributed by atoms with van der Waals surface area (Å²) in [6, 6.07) is 7.18. The molecule has 3 nitrogen and oxygen atoms in total. The van der Waals surface area contributed by atoms with Crippen LogP contribution in [0.3, 0.4) is 0 Å². The monoisotopic (exact) mass is 262 g/mol. The second kappa shape index (κ2) is 6.04. The van der Waals surface area contributed by atoms with Crippen LogP contribution in [0.4, 0.5) is 0 Å². The first-order valence-corrected chi connectivity index (χ1v) is 7.08. The molecule has 1 fully saturated rings. The summed E-state index contributed by atoms with van der Waals surface area (Å²) in [5.74, 6) is 0. The maximum Gasteiger partial charge on any atom is 0.0682 e. The Labute approximate surface area is 116 Å². The highest BCUT2D eigenvalue weighted by atomic mass is 16.3. The van der Waals surface area contributed by atoms with Crippen molar-refractivity contribution in [3.63, 3.8) is 0 Å². The molecule has 2 atom stereocenters. The van der Waals surface area contributed by atoms with Crippen LogP contribution >= 0.6 is 0 Å². The minimum Gasteiger partial charge on any atom is -0.392 e. The Hall–Kier alpha value is -0.900. The van der Waals surface area contributed by atoms with Gasteiger partial charge in [-0.2, -0.15) is 0 Å². The lowest BCUT2D eigenvalue weighted by atomic mass is 10.1. The van der Waals surface area contributed by atoms with Crippen LogP contribution in [0.5, 0.6) is 0 Å². The summed E-state index contributed by atoms with van der Waals surface area (Å²) in [6.07, 6.45) is 0.721. The van der Waals surface area contributed by atoms with Crippen molar-refractivity contribution >= 4 is 0 Å². The Bertz CT molecular complexity index is 411. The molecule has 0 radical (unpaired) electrons. The first kappa shape index (κ1) is 14.5. The van der Waals surface area contributed by atoms with Gasteiger partial charge in [0.1, 0.15) is 0 Å². The molecule has 1 aromatic carbocycles. The van der Waals surface area contributed by atoms with E-state index in [1.165, 1.54) is 16.7 Å². The molecule has 3 heteroatoms. The topological polar surface area (TPSA) is 26.7 Å². The first-order chi connectivity index (χ1) is 8.94. The third-order valence-electron chi connectivity index (χ3n) is 3.75. The number of aryl methyl sites for hydroxylation is 2. The summed E-state index contributed by atoms with van der Waals surface area (Å²) >= 11 is 0. The average molecular weight is 262 g/mol. The molecule has 0 amide bonds. The zero-order valence-corrected chi connectivity index (χ0v) is 12.6. The minimum absolute atomic E-state index is 0.171. The molecular formula is C16H26N2O. The van der Waals surface area contributed by atoms with E-state index in [1.54, 1.807) is 0 Å². The van der Waals surface area contributed by atoms with Crippen molar-refractivity contribution in [3.05, 3.63) is 34.9 Å². The minimum atomic E-state index is -0.171. The van der Waals surface area contributed by atoms with Crippen LogP contribution < -0.4 is 0 Å². The molecule has 2 rings (SSSR count). The Balaban J connectivity index is 2.07. The van der Waals surface area contributed by atoms with Gasteiger partial charge >= 0.3 is 0 Å². The van der Waals surface area contributed by atoms with Crippen molar-refractivity contribution in [2.24, 2.45) is 0 Å². The SMILES string of the molecule is Cc1cc(C)cc(CN2CC(O)CC2CN(C)C)c1. The maximum atomic E-state index is 9.91. The molecule has 0 bridgehead atoms. The average Bonchev–Trinajstić information content (AvgIpc) is 2.56. The number of aliphatic hydroxyl groups excluding tert-OH is 1. The number of hydrogen-bond donors (Lipinski definition) is 1. The van der Waals surface area contributed by atoms with E-state index in [1.807, 2.05) is 0 Å². The van der Waals surface area contributed by atoms with Gasteiger partial charge in [0.2, 0.25) is 0 Å². The molecular weight excluding hydrogens is 236 g/mol. The van der Waals surface area contributed by atoms with Gasteiger partial charge in [0.15, 0.2) is 0 Å². The molecule has 0 aromatic heterocycles. The summed E-state index contributed by atoms with van der Waals surface area (Å²) in [5.41, 5.74) is 3.99. The number of likely N-dealkylation sites (N-methyl/N-ethyl adjacent to an activating group) is 1. The predicted octanol–water partition coefficient (Wildman–Crippen LogP) is 1.80. The normalized spacial score (nSPS) is 24.3. The third-order valence-corrected chi connectivity index (χ3v) is 3.75. The van der Waals surface area contributed by atoms with E-state index in [2.05, 4.69) is 55.9 Å². The quantitative estimate of drug-likeness (QED) is 0.896. The lowest BCUT2D eigenvalue weighted by molar-refractivity contribution is 0.169. The summed E-state index contributed by atoms with van der Waals surface area (Å²) in [5, 5.41) is 9.91. The van der Waals surface area contributed by atoms with Gasteiger partial charge in [-0.3, -0.25) is 4.90 Å². The van der Waals surface area contributed by atoms with Gasteiger partial charge < -0.3 is 10.0 Å². The van der Waals surface area contributed by atoms with E-state index in [-0.39, 0.29) is 6.10 Å². The van der Waals surface area contributed by atoms with E-state index in [9.17, 15) is 5.11 Å². The van der Waals surface area contributed by atoms with Crippen LogP contribution in [0.25, 0.3) is 0 Å². The van der Waals surface area contributed by atoms with Gasteiger partial charge in [-0.15, -0.1) is 0 Å². The molecule has 1 saturated heterocycles. The van der Waals surface area contributed by atoms with Crippen molar-refractivity contribution in [1.82, 2.24) is 9.80 Å². The second-order valence-electron chi connectivity index (χ2n) is 6.23. The zero-order valence-electron chi connectivity index (χ0n) is 12.6. The van der Waals surface area contributed by atoms with Crippen LogP contribution in [0.1, 0.15) is 23.1 Å². The van der Waals surface area contributed by atoms with Gasteiger partial charge in [0, 0.05) is 25.7 Å². The van der Waals surface area contributed by atoms with Crippen LogP contribution in [0.15, 0.2) is 18.2 Å². The third kappa shape index (κ3) is 4.03. The molecule has 1 N–H and O–H groups in total. The lowest BCUT2D eigenvalue weighted by Crippen LogP contribution is -2.37. The molecule has 106 valence electrons. The van der Waals surface area contributed by atoms with Gasteiger partial charge in [-0.05, 0) is 39.9 Å². The summed E-state index contributed by atoms with van der Waals surface area (Å²) in [6.45, 7) is 7.05. The summed E-state index contributed by atoms with van der Waals surface area (Å²) < 4.78 is 0. The standard InChI is InChI=1S/C16H26N2O/c1-12-5-13(2)7-14(6-12)9-18-11-16(19)8-15(18)10-17(3)4/h5-7,15-16,19H,8-11H2,1-4H3. The zero-order chi connectivity index (χ0) is 14.0.